The van der Waals surface area contributed by atoms with Gasteiger partial charge in [-0.15, -0.1) is 0 Å². The maximum Gasteiger partial charge on any atom is 0.175 e. The number of H-pyrrole nitrogens is 1. The van der Waals surface area contributed by atoms with E-state index in [4.69, 9.17) is 0 Å². The molecule has 0 unspecified atom stereocenters. The first-order valence-electron chi connectivity index (χ1n) is 6.78. The van der Waals surface area contributed by atoms with Crippen molar-refractivity contribution >= 4 is 32.6 Å². The molecule has 6 heteroatoms. The Morgan fingerprint density at radius 1 is 1.05 bits per heavy atom. The van der Waals surface area contributed by atoms with Crippen LogP contribution in [0.3, 0.4) is 0 Å². The van der Waals surface area contributed by atoms with E-state index in [1.54, 1.807) is 23.9 Å². The molecule has 2 heterocycles. The number of aromatic amines is 1. The number of aryl methyl sites for hydroxylation is 2. The van der Waals surface area contributed by atoms with E-state index in [1.165, 1.54) is 6.26 Å². The number of fused-ring (bicyclic) bond motifs is 1. The van der Waals surface area contributed by atoms with Gasteiger partial charge in [0.15, 0.2) is 9.84 Å². The second-order valence-corrected chi connectivity index (χ2v) is 8.37. The number of sulfone groups is 1. The van der Waals surface area contributed by atoms with Crippen molar-refractivity contribution in [2.45, 2.75) is 28.5 Å². The van der Waals surface area contributed by atoms with E-state index >= 15 is 0 Å². The Kier molecular flexibility index (Phi) is 3.74. The van der Waals surface area contributed by atoms with Gasteiger partial charge in [-0.05, 0) is 50.2 Å². The summed E-state index contributed by atoms with van der Waals surface area (Å²) >= 11 is 1.59. The second-order valence-electron chi connectivity index (χ2n) is 5.27. The predicted octanol–water partition coefficient (Wildman–Crippen LogP) is 3.73. The third kappa shape index (κ3) is 2.89. The van der Waals surface area contributed by atoms with Crippen molar-refractivity contribution in [3.63, 3.8) is 0 Å². The highest BCUT2D eigenvalue weighted by atomic mass is 32.2. The molecule has 0 amide bonds. The molecule has 0 spiro atoms. The third-order valence-electron chi connectivity index (χ3n) is 3.38. The van der Waals surface area contributed by atoms with E-state index in [0.717, 1.165) is 32.2 Å². The van der Waals surface area contributed by atoms with E-state index in [9.17, 15) is 8.42 Å². The van der Waals surface area contributed by atoms with Gasteiger partial charge in [0.05, 0.1) is 15.3 Å². The van der Waals surface area contributed by atoms with Gasteiger partial charge in [0.25, 0.3) is 0 Å². The molecule has 0 saturated heterocycles. The van der Waals surface area contributed by atoms with E-state index in [-0.39, 0.29) is 0 Å². The number of nitrogens with zero attached hydrogens (tertiary/aromatic N) is 1. The Morgan fingerprint density at radius 2 is 1.73 bits per heavy atom. The van der Waals surface area contributed by atoms with E-state index in [2.05, 4.69) is 9.97 Å². The highest BCUT2D eigenvalue weighted by molar-refractivity contribution is 7.99. The summed E-state index contributed by atoms with van der Waals surface area (Å²) in [6, 6.07) is 10.9. The van der Waals surface area contributed by atoms with E-state index < -0.39 is 9.84 Å². The van der Waals surface area contributed by atoms with Crippen LogP contribution in [0.2, 0.25) is 0 Å². The minimum atomic E-state index is -3.16. The number of benzene rings is 1. The van der Waals surface area contributed by atoms with Crippen LogP contribution in [0.4, 0.5) is 0 Å². The predicted molar refractivity (Wildman–Crippen MR) is 89.2 cm³/mol. The quantitative estimate of drug-likeness (QED) is 0.794. The van der Waals surface area contributed by atoms with Crippen molar-refractivity contribution in [2.75, 3.05) is 6.26 Å². The zero-order chi connectivity index (χ0) is 15.9. The highest BCUT2D eigenvalue weighted by Gasteiger charge is 2.12. The second kappa shape index (κ2) is 5.44. The number of aromatic nitrogens is 2. The van der Waals surface area contributed by atoms with Gasteiger partial charge in [0, 0.05) is 22.5 Å². The lowest BCUT2D eigenvalue weighted by atomic mass is 10.3. The van der Waals surface area contributed by atoms with Crippen LogP contribution in [0.1, 0.15) is 11.4 Å². The van der Waals surface area contributed by atoms with E-state index in [1.807, 2.05) is 38.1 Å². The summed E-state index contributed by atoms with van der Waals surface area (Å²) in [7, 11) is -3.16. The zero-order valence-electron chi connectivity index (χ0n) is 12.5. The molecule has 22 heavy (non-hydrogen) atoms. The molecule has 0 saturated carbocycles. The summed E-state index contributed by atoms with van der Waals surface area (Å²) < 4.78 is 23.0. The molecule has 0 fully saturated rings. The maximum atomic E-state index is 11.5. The Labute approximate surface area is 133 Å². The summed E-state index contributed by atoms with van der Waals surface area (Å²) in [6.45, 7) is 3.99. The van der Waals surface area contributed by atoms with Gasteiger partial charge in [-0.1, -0.05) is 11.8 Å². The first kappa shape index (κ1) is 15.1. The van der Waals surface area contributed by atoms with Crippen LogP contribution in [0.5, 0.6) is 0 Å². The smallest absolute Gasteiger partial charge is 0.175 e. The molecule has 114 valence electrons. The van der Waals surface area contributed by atoms with Gasteiger partial charge in [0.1, 0.15) is 5.52 Å². The summed E-state index contributed by atoms with van der Waals surface area (Å²) in [5.74, 6) is 0. The maximum absolute atomic E-state index is 11.5. The number of hydrogen-bond donors (Lipinski definition) is 1. The summed E-state index contributed by atoms with van der Waals surface area (Å²) in [6.07, 6.45) is 1.21. The SMILES string of the molecule is Cc1ccc2[nH]c(C)c(Sc3ccc(S(C)(=O)=O)cc3)c2n1. The first-order chi connectivity index (χ1) is 10.3. The molecule has 0 atom stereocenters. The number of rotatable bonds is 3. The topological polar surface area (TPSA) is 62.8 Å². The molecule has 0 aliphatic rings. The van der Waals surface area contributed by atoms with Crippen LogP contribution in [0.25, 0.3) is 11.0 Å². The molecule has 1 N–H and O–H groups in total. The van der Waals surface area contributed by atoms with Crippen LogP contribution < -0.4 is 0 Å². The van der Waals surface area contributed by atoms with Crippen molar-refractivity contribution in [3.05, 3.63) is 47.8 Å². The van der Waals surface area contributed by atoms with Crippen LogP contribution in [-0.2, 0) is 9.84 Å². The zero-order valence-corrected chi connectivity index (χ0v) is 14.2. The van der Waals surface area contributed by atoms with Crippen LogP contribution >= 0.6 is 11.8 Å². The average molecular weight is 332 g/mol. The minimum absolute atomic E-state index is 0.335. The lowest BCUT2D eigenvalue weighted by Gasteiger charge is -2.03. The Balaban J connectivity index is 2.00. The molecule has 0 aliphatic heterocycles. The fourth-order valence-electron chi connectivity index (χ4n) is 2.26. The number of hydrogen-bond acceptors (Lipinski definition) is 4. The number of nitrogens with one attached hydrogen (secondary N) is 1. The van der Waals surface area contributed by atoms with Gasteiger partial charge in [-0.2, -0.15) is 0 Å². The summed E-state index contributed by atoms with van der Waals surface area (Å²) in [5, 5.41) is 0. The van der Waals surface area contributed by atoms with Gasteiger partial charge in [-0.3, -0.25) is 4.98 Å². The number of pyridine rings is 1. The third-order valence-corrected chi connectivity index (χ3v) is 5.72. The van der Waals surface area contributed by atoms with E-state index in [0.29, 0.717) is 4.90 Å². The van der Waals surface area contributed by atoms with Crippen molar-refractivity contribution in [3.8, 4) is 0 Å². The lowest BCUT2D eigenvalue weighted by Crippen LogP contribution is -1.95. The fourth-order valence-corrected chi connectivity index (χ4v) is 3.86. The van der Waals surface area contributed by atoms with Gasteiger partial charge in [0.2, 0.25) is 0 Å². The van der Waals surface area contributed by atoms with Gasteiger partial charge < -0.3 is 4.98 Å². The summed E-state index contributed by atoms with van der Waals surface area (Å²) in [4.78, 5) is 10.3. The standard InChI is InChI=1S/C16H16N2O2S2/c1-10-4-9-14-15(17-10)16(11(2)18-14)21-12-5-7-13(8-6-12)22(3,19)20/h4-9,18H,1-3H3. The highest BCUT2D eigenvalue weighted by Crippen LogP contribution is 2.35. The molecule has 4 nitrogen and oxygen atoms in total. The van der Waals surface area contributed by atoms with Crippen LogP contribution in [-0.4, -0.2) is 24.6 Å². The average Bonchev–Trinajstić information content (AvgIpc) is 2.75. The summed E-state index contributed by atoms with van der Waals surface area (Å²) in [5.41, 5.74) is 4.00. The molecule has 0 radical (unpaired) electrons. The molecule has 1 aromatic carbocycles. The molecule has 3 rings (SSSR count). The van der Waals surface area contributed by atoms with Crippen LogP contribution in [0, 0.1) is 13.8 Å². The molecule has 2 aromatic heterocycles. The Hall–Kier alpha value is -1.79. The molecule has 0 bridgehead atoms. The van der Waals surface area contributed by atoms with Gasteiger partial charge in [-0.25, -0.2) is 8.42 Å². The molecular formula is C16H16N2O2S2. The Bertz CT molecular complexity index is 942. The van der Waals surface area contributed by atoms with Gasteiger partial charge >= 0.3 is 0 Å². The monoisotopic (exact) mass is 332 g/mol. The lowest BCUT2D eigenvalue weighted by molar-refractivity contribution is 0.602. The normalized spacial score (nSPS) is 12.0. The molecule has 3 aromatic rings. The van der Waals surface area contributed by atoms with Crippen molar-refractivity contribution in [2.24, 2.45) is 0 Å². The first-order valence-corrected chi connectivity index (χ1v) is 9.49. The Morgan fingerprint density at radius 3 is 2.36 bits per heavy atom. The molecule has 0 aliphatic carbocycles. The van der Waals surface area contributed by atoms with Crippen LogP contribution in [0.15, 0.2) is 51.1 Å². The minimum Gasteiger partial charge on any atom is -0.356 e. The largest absolute Gasteiger partial charge is 0.356 e. The van der Waals surface area contributed by atoms with Crippen molar-refractivity contribution < 1.29 is 8.42 Å². The van der Waals surface area contributed by atoms with Crippen molar-refractivity contribution in [1.82, 2.24) is 9.97 Å². The fraction of sp³-hybridized carbons (Fsp3) is 0.188. The van der Waals surface area contributed by atoms with Crippen molar-refractivity contribution in [1.29, 1.82) is 0 Å². The molecular weight excluding hydrogens is 316 g/mol.